The number of pyridine rings is 1. The molecule has 2 aromatic carbocycles. The van der Waals surface area contributed by atoms with E-state index >= 15 is 0 Å². The summed E-state index contributed by atoms with van der Waals surface area (Å²) in [5.74, 6) is 0.709. The number of para-hydroxylation sites is 1. The Morgan fingerprint density at radius 2 is 1.58 bits per heavy atom. The van der Waals surface area contributed by atoms with Crippen molar-refractivity contribution in [2.45, 2.75) is 6.92 Å². The minimum absolute atomic E-state index is 0.546. The molecule has 6 heteroatoms. The van der Waals surface area contributed by atoms with Gasteiger partial charge in [-0.25, -0.2) is 15.0 Å². The molecule has 4 rings (SSSR count). The number of fused-ring (bicyclic) bond motifs is 1. The molecule has 0 unspecified atom stereocenters. The third-order valence-corrected chi connectivity index (χ3v) is 4.60. The van der Waals surface area contributed by atoms with Crippen LogP contribution in [0.3, 0.4) is 0 Å². The second-order valence-electron chi connectivity index (χ2n) is 5.80. The number of rotatable bonds is 3. The molecule has 0 saturated carbocycles. The number of nitrogens with zero attached hydrogens (tertiary/aromatic N) is 3. The first-order valence-electron chi connectivity index (χ1n) is 8.02. The Hall–Kier alpha value is -2.69. The number of halogens is 2. The van der Waals surface area contributed by atoms with Crippen LogP contribution in [0.4, 0.5) is 11.5 Å². The van der Waals surface area contributed by atoms with Crippen LogP contribution < -0.4 is 5.32 Å². The van der Waals surface area contributed by atoms with Crippen LogP contribution in [0.15, 0.2) is 60.8 Å². The summed E-state index contributed by atoms with van der Waals surface area (Å²) in [4.78, 5) is 13.8. The quantitative estimate of drug-likeness (QED) is 0.469. The summed E-state index contributed by atoms with van der Waals surface area (Å²) in [6.45, 7) is 1.89. The summed E-state index contributed by atoms with van der Waals surface area (Å²) in [6, 6.07) is 17.1. The van der Waals surface area contributed by atoms with Gasteiger partial charge in [0.05, 0.1) is 33.1 Å². The molecule has 2 heterocycles. The third-order valence-electron chi connectivity index (χ3n) is 3.97. The van der Waals surface area contributed by atoms with Crippen LogP contribution in [0.25, 0.3) is 22.3 Å². The van der Waals surface area contributed by atoms with Gasteiger partial charge in [0.25, 0.3) is 0 Å². The molecule has 0 aliphatic heterocycles. The van der Waals surface area contributed by atoms with Gasteiger partial charge in [0, 0.05) is 17.3 Å². The van der Waals surface area contributed by atoms with Crippen molar-refractivity contribution in [3.05, 3.63) is 76.5 Å². The molecule has 4 aromatic rings. The average Bonchev–Trinajstić information content (AvgIpc) is 2.63. The molecule has 0 aliphatic carbocycles. The lowest BCUT2D eigenvalue weighted by Crippen LogP contribution is -1.98. The highest BCUT2D eigenvalue weighted by molar-refractivity contribution is 6.39. The van der Waals surface area contributed by atoms with E-state index in [0.717, 1.165) is 16.9 Å². The molecule has 0 amide bonds. The third kappa shape index (κ3) is 3.21. The van der Waals surface area contributed by atoms with Crippen molar-refractivity contribution in [3.63, 3.8) is 0 Å². The van der Waals surface area contributed by atoms with E-state index in [1.807, 2.05) is 43.3 Å². The predicted octanol–water partition coefficient (Wildman–Crippen LogP) is 6.05. The summed E-state index contributed by atoms with van der Waals surface area (Å²) < 4.78 is 0. The molecule has 2 aromatic heterocycles. The monoisotopic (exact) mass is 380 g/mol. The highest BCUT2D eigenvalue weighted by Crippen LogP contribution is 2.35. The van der Waals surface area contributed by atoms with Crippen LogP contribution in [0.2, 0.25) is 10.0 Å². The summed E-state index contributed by atoms with van der Waals surface area (Å²) in [5.41, 5.74) is 4.50. The first-order valence-corrected chi connectivity index (χ1v) is 8.78. The largest absolute Gasteiger partial charge is 0.340 e. The Morgan fingerprint density at radius 3 is 2.31 bits per heavy atom. The number of nitrogens with one attached hydrogen (secondary N) is 1. The van der Waals surface area contributed by atoms with Gasteiger partial charge in [0.15, 0.2) is 0 Å². The highest BCUT2D eigenvalue weighted by Gasteiger charge is 2.15. The highest BCUT2D eigenvalue weighted by atomic mass is 35.5. The lowest BCUT2D eigenvalue weighted by Gasteiger charge is -2.11. The van der Waals surface area contributed by atoms with Crippen molar-refractivity contribution >= 4 is 45.7 Å². The van der Waals surface area contributed by atoms with Gasteiger partial charge < -0.3 is 5.32 Å². The first kappa shape index (κ1) is 16.8. The maximum absolute atomic E-state index is 6.32. The molecule has 26 heavy (non-hydrogen) atoms. The van der Waals surface area contributed by atoms with Gasteiger partial charge in [-0.3, -0.25) is 0 Å². The Morgan fingerprint density at radius 1 is 0.846 bits per heavy atom. The Balaban J connectivity index is 1.78. The van der Waals surface area contributed by atoms with Crippen molar-refractivity contribution < 1.29 is 0 Å². The van der Waals surface area contributed by atoms with E-state index in [9.17, 15) is 0 Å². The molecular weight excluding hydrogens is 367 g/mol. The van der Waals surface area contributed by atoms with E-state index in [1.165, 1.54) is 0 Å². The van der Waals surface area contributed by atoms with Crippen molar-refractivity contribution in [2.75, 3.05) is 5.32 Å². The van der Waals surface area contributed by atoms with E-state index in [0.29, 0.717) is 32.6 Å². The molecule has 0 fully saturated rings. The lowest BCUT2D eigenvalue weighted by molar-refractivity contribution is 1.17. The van der Waals surface area contributed by atoms with E-state index < -0.39 is 0 Å². The summed E-state index contributed by atoms with van der Waals surface area (Å²) >= 11 is 12.6. The normalized spacial score (nSPS) is 10.9. The van der Waals surface area contributed by atoms with Crippen LogP contribution in [0.5, 0.6) is 0 Å². The summed E-state index contributed by atoms with van der Waals surface area (Å²) in [5, 5.41) is 4.35. The number of aromatic nitrogens is 3. The molecule has 128 valence electrons. The fourth-order valence-corrected chi connectivity index (χ4v) is 3.32. The van der Waals surface area contributed by atoms with Crippen LogP contribution in [0.1, 0.15) is 5.69 Å². The maximum atomic E-state index is 6.32. The van der Waals surface area contributed by atoms with Crippen molar-refractivity contribution in [1.82, 2.24) is 15.0 Å². The molecule has 0 radical (unpaired) electrons. The molecule has 0 atom stereocenters. The van der Waals surface area contributed by atoms with Crippen LogP contribution in [0, 0.1) is 6.92 Å². The van der Waals surface area contributed by atoms with E-state index in [-0.39, 0.29) is 0 Å². The van der Waals surface area contributed by atoms with Gasteiger partial charge in [-0.15, -0.1) is 0 Å². The van der Waals surface area contributed by atoms with E-state index in [1.54, 1.807) is 24.4 Å². The molecular formula is C20H14Cl2N4. The number of hydrogen-bond acceptors (Lipinski definition) is 4. The molecule has 0 bridgehead atoms. The van der Waals surface area contributed by atoms with Crippen LogP contribution in [-0.2, 0) is 0 Å². The minimum atomic E-state index is 0.546. The fraction of sp³-hybridized carbons (Fsp3) is 0.0500. The molecule has 0 saturated heterocycles. The smallest absolute Gasteiger partial charge is 0.132 e. The Bertz CT molecular complexity index is 1080. The zero-order valence-electron chi connectivity index (χ0n) is 13.9. The molecule has 1 N–H and O–H groups in total. The van der Waals surface area contributed by atoms with Gasteiger partial charge in [-0.2, -0.15) is 0 Å². The van der Waals surface area contributed by atoms with Crippen LogP contribution in [-0.4, -0.2) is 15.0 Å². The lowest BCUT2D eigenvalue weighted by atomic mass is 10.1. The Kier molecular flexibility index (Phi) is 4.45. The van der Waals surface area contributed by atoms with Gasteiger partial charge in [0.2, 0.25) is 0 Å². The van der Waals surface area contributed by atoms with Gasteiger partial charge in [-0.1, -0.05) is 47.5 Å². The maximum Gasteiger partial charge on any atom is 0.132 e. The topological polar surface area (TPSA) is 50.7 Å². The van der Waals surface area contributed by atoms with Crippen molar-refractivity contribution in [3.8, 4) is 11.3 Å². The van der Waals surface area contributed by atoms with Crippen molar-refractivity contribution in [2.24, 2.45) is 0 Å². The van der Waals surface area contributed by atoms with Crippen molar-refractivity contribution in [1.29, 1.82) is 0 Å². The summed E-state index contributed by atoms with van der Waals surface area (Å²) in [7, 11) is 0. The van der Waals surface area contributed by atoms with E-state index in [4.69, 9.17) is 28.2 Å². The fourth-order valence-electron chi connectivity index (χ4n) is 2.75. The Labute approximate surface area is 160 Å². The summed E-state index contributed by atoms with van der Waals surface area (Å²) in [6.07, 6.45) is 1.70. The van der Waals surface area contributed by atoms with Crippen LogP contribution >= 0.6 is 23.2 Å². The number of hydrogen-bond donors (Lipinski definition) is 1. The minimum Gasteiger partial charge on any atom is -0.340 e. The second-order valence-corrected chi connectivity index (χ2v) is 6.62. The van der Waals surface area contributed by atoms with E-state index in [2.05, 4.69) is 15.3 Å². The zero-order valence-corrected chi connectivity index (χ0v) is 15.4. The SMILES string of the molecule is Cc1nc2cc(Nc3ccccc3)ncc2nc1-c1c(Cl)cccc1Cl. The number of aryl methyl sites for hydroxylation is 1. The average molecular weight is 381 g/mol. The molecule has 0 aliphatic rings. The first-order chi connectivity index (χ1) is 12.6. The van der Waals surface area contributed by atoms with Gasteiger partial charge >= 0.3 is 0 Å². The second kappa shape index (κ2) is 6.90. The zero-order chi connectivity index (χ0) is 18.1. The number of anilines is 2. The number of benzene rings is 2. The molecule has 0 spiro atoms. The molecule has 4 nitrogen and oxygen atoms in total. The van der Waals surface area contributed by atoms with Gasteiger partial charge in [-0.05, 0) is 31.2 Å². The standard InChI is InChI=1S/C20H14Cl2N4/c1-12-20(19-14(21)8-5-9-15(19)22)26-17-11-23-18(10-16(17)24-12)25-13-6-3-2-4-7-13/h2-11H,1H3,(H,23,25). The predicted molar refractivity (Wildman–Crippen MR) is 107 cm³/mol. The van der Waals surface area contributed by atoms with Gasteiger partial charge in [0.1, 0.15) is 11.3 Å².